The Morgan fingerprint density at radius 2 is 2.11 bits per heavy atom. The SMILES string of the molecule is CCc1noc(COC(=O)C(C)OCCC(C)C)n1. The Morgan fingerprint density at radius 1 is 1.37 bits per heavy atom. The van der Waals surface area contributed by atoms with E-state index < -0.39 is 12.1 Å². The molecule has 1 unspecified atom stereocenters. The first-order chi connectivity index (χ1) is 9.02. The van der Waals surface area contributed by atoms with Crippen molar-refractivity contribution in [3.8, 4) is 0 Å². The van der Waals surface area contributed by atoms with Crippen LogP contribution in [0.5, 0.6) is 0 Å². The highest BCUT2D eigenvalue weighted by molar-refractivity contribution is 5.74. The van der Waals surface area contributed by atoms with E-state index in [0.29, 0.717) is 30.7 Å². The summed E-state index contributed by atoms with van der Waals surface area (Å²) in [5, 5.41) is 3.72. The molecule has 0 saturated heterocycles. The Balaban J connectivity index is 2.26. The van der Waals surface area contributed by atoms with Gasteiger partial charge in [-0.25, -0.2) is 4.79 Å². The number of hydrogen-bond acceptors (Lipinski definition) is 6. The molecule has 0 amide bonds. The molecule has 1 atom stereocenters. The average molecular weight is 270 g/mol. The Kier molecular flexibility index (Phi) is 6.49. The van der Waals surface area contributed by atoms with E-state index >= 15 is 0 Å². The fourth-order valence-corrected chi connectivity index (χ4v) is 1.29. The summed E-state index contributed by atoms with van der Waals surface area (Å²) in [7, 11) is 0. The number of aryl methyl sites for hydroxylation is 1. The number of rotatable bonds is 8. The summed E-state index contributed by atoms with van der Waals surface area (Å²) in [5.41, 5.74) is 0. The van der Waals surface area contributed by atoms with Crippen molar-refractivity contribution in [2.24, 2.45) is 5.92 Å². The summed E-state index contributed by atoms with van der Waals surface area (Å²) in [6, 6.07) is 0. The van der Waals surface area contributed by atoms with E-state index in [-0.39, 0.29) is 6.61 Å². The fraction of sp³-hybridized carbons (Fsp3) is 0.769. The standard InChI is InChI=1S/C13H22N2O4/c1-5-11-14-12(19-15-11)8-18-13(16)10(4)17-7-6-9(2)3/h9-10H,5-8H2,1-4H3. The van der Waals surface area contributed by atoms with Gasteiger partial charge in [-0.3, -0.25) is 0 Å². The second kappa shape index (κ2) is 7.89. The van der Waals surface area contributed by atoms with Crippen LogP contribution >= 0.6 is 0 Å². The molecule has 1 aromatic heterocycles. The van der Waals surface area contributed by atoms with Crippen molar-refractivity contribution in [2.45, 2.75) is 53.2 Å². The lowest BCUT2D eigenvalue weighted by atomic mass is 10.1. The molecule has 108 valence electrons. The van der Waals surface area contributed by atoms with Gasteiger partial charge in [-0.2, -0.15) is 4.98 Å². The Morgan fingerprint density at radius 3 is 2.68 bits per heavy atom. The number of hydrogen-bond donors (Lipinski definition) is 0. The second-order valence-electron chi connectivity index (χ2n) is 4.76. The van der Waals surface area contributed by atoms with E-state index in [0.717, 1.165) is 6.42 Å². The van der Waals surface area contributed by atoms with E-state index in [9.17, 15) is 4.79 Å². The van der Waals surface area contributed by atoms with Gasteiger partial charge in [-0.1, -0.05) is 25.9 Å². The molecule has 6 heteroatoms. The number of nitrogens with zero attached hydrogens (tertiary/aromatic N) is 2. The molecular weight excluding hydrogens is 248 g/mol. The molecule has 1 rings (SSSR count). The van der Waals surface area contributed by atoms with E-state index in [1.807, 2.05) is 6.92 Å². The molecule has 0 saturated carbocycles. The number of aromatic nitrogens is 2. The Labute approximate surface area is 113 Å². The minimum Gasteiger partial charge on any atom is -0.454 e. The largest absolute Gasteiger partial charge is 0.454 e. The van der Waals surface area contributed by atoms with Gasteiger partial charge in [0.1, 0.15) is 0 Å². The maximum Gasteiger partial charge on any atom is 0.335 e. The van der Waals surface area contributed by atoms with Crippen molar-refractivity contribution < 1.29 is 18.8 Å². The minimum atomic E-state index is -0.577. The van der Waals surface area contributed by atoms with E-state index in [4.69, 9.17) is 14.0 Å². The summed E-state index contributed by atoms with van der Waals surface area (Å²) in [4.78, 5) is 15.7. The van der Waals surface area contributed by atoms with Crippen LogP contribution in [-0.2, 0) is 27.3 Å². The zero-order valence-electron chi connectivity index (χ0n) is 12.0. The lowest BCUT2D eigenvalue weighted by molar-refractivity contribution is -0.158. The van der Waals surface area contributed by atoms with Crippen molar-refractivity contribution in [3.63, 3.8) is 0 Å². The van der Waals surface area contributed by atoms with Crippen LogP contribution in [0.15, 0.2) is 4.52 Å². The molecule has 6 nitrogen and oxygen atoms in total. The van der Waals surface area contributed by atoms with Crippen LogP contribution in [0.3, 0.4) is 0 Å². The number of esters is 1. The molecule has 0 bridgehead atoms. The number of ether oxygens (including phenoxy) is 2. The molecule has 19 heavy (non-hydrogen) atoms. The van der Waals surface area contributed by atoms with Gasteiger partial charge < -0.3 is 14.0 Å². The molecular formula is C13H22N2O4. The first-order valence-electron chi connectivity index (χ1n) is 6.62. The smallest absolute Gasteiger partial charge is 0.335 e. The fourth-order valence-electron chi connectivity index (χ4n) is 1.29. The summed E-state index contributed by atoms with van der Waals surface area (Å²) in [6.45, 7) is 8.35. The first-order valence-corrected chi connectivity index (χ1v) is 6.62. The van der Waals surface area contributed by atoms with E-state index in [1.165, 1.54) is 0 Å². The third kappa shape index (κ3) is 5.83. The Bertz CT molecular complexity index is 390. The van der Waals surface area contributed by atoms with Crippen molar-refractivity contribution in [1.82, 2.24) is 10.1 Å². The summed E-state index contributed by atoms with van der Waals surface area (Å²) in [5.74, 6) is 1.04. The van der Waals surface area contributed by atoms with Gasteiger partial charge in [0.25, 0.3) is 5.89 Å². The van der Waals surface area contributed by atoms with Crippen LogP contribution in [0.1, 0.15) is 45.8 Å². The number of carbonyl (C=O) groups is 1. The van der Waals surface area contributed by atoms with Gasteiger partial charge in [-0.05, 0) is 19.3 Å². The monoisotopic (exact) mass is 270 g/mol. The highest BCUT2D eigenvalue weighted by Gasteiger charge is 2.16. The zero-order valence-corrected chi connectivity index (χ0v) is 12.0. The Hall–Kier alpha value is -1.43. The summed E-state index contributed by atoms with van der Waals surface area (Å²) in [6.07, 6.45) is 1.03. The van der Waals surface area contributed by atoms with E-state index in [2.05, 4.69) is 24.0 Å². The van der Waals surface area contributed by atoms with Crippen LogP contribution in [-0.4, -0.2) is 28.8 Å². The second-order valence-corrected chi connectivity index (χ2v) is 4.76. The van der Waals surface area contributed by atoms with Crippen LogP contribution < -0.4 is 0 Å². The molecule has 1 heterocycles. The molecule has 0 radical (unpaired) electrons. The van der Waals surface area contributed by atoms with Crippen molar-refractivity contribution in [1.29, 1.82) is 0 Å². The molecule has 0 aromatic carbocycles. The first kappa shape index (κ1) is 15.6. The summed E-state index contributed by atoms with van der Waals surface area (Å²) >= 11 is 0. The molecule has 0 spiro atoms. The van der Waals surface area contributed by atoms with Crippen LogP contribution in [0.4, 0.5) is 0 Å². The van der Waals surface area contributed by atoms with Crippen molar-refractivity contribution in [3.05, 3.63) is 11.7 Å². The molecule has 0 aliphatic carbocycles. The predicted molar refractivity (Wildman–Crippen MR) is 68.3 cm³/mol. The molecule has 1 aromatic rings. The quantitative estimate of drug-likeness (QED) is 0.674. The van der Waals surface area contributed by atoms with Gasteiger partial charge >= 0.3 is 5.97 Å². The molecule has 0 fully saturated rings. The third-order valence-corrected chi connectivity index (χ3v) is 2.56. The zero-order chi connectivity index (χ0) is 14.3. The lowest BCUT2D eigenvalue weighted by Gasteiger charge is -2.12. The van der Waals surface area contributed by atoms with Gasteiger partial charge in [0.2, 0.25) is 0 Å². The average Bonchev–Trinajstić information content (AvgIpc) is 2.83. The molecule has 0 aliphatic rings. The molecule has 0 aliphatic heterocycles. The van der Waals surface area contributed by atoms with Gasteiger partial charge in [0.15, 0.2) is 18.5 Å². The van der Waals surface area contributed by atoms with Crippen molar-refractivity contribution >= 4 is 5.97 Å². The van der Waals surface area contributed by atoms with Gasteiger partial charge in [-0.15, -0.1) is 0 Å². The maximum absolute atomic E-state index is 11.6. The maximum atomic E-state index is 11.6. The third-order valence-electron chi connectivity index (χ3n) is 2.56. The van der Waals surface area contributed by atoms with Crippen LogP contribution in [0, 0.1) is 5.92 Å². The molecule has 0 N–H and O–H groups in total. The predicted octanol–water partition coefficient (Wildman–Crippen LogP) is 2.13. The van der Waals surface area contributed by atoms with Crippen LogP contribution in [0.25, 0.3) is 0 Å². The number of carbonyl (C=O) groups excluding carboxylic acids is 1. The minimum absolute atomic E-state index is 0.0102. The van der Waals surface area contributed by atoms with Crippen LogP contribution in [0.2, 0.25) is 0 Å². The highest BCUT2D eigenvalue weighted by atomic mass is 16.6. The van der Waals surface area contributed by atoms with Gasteiger partial charge in [0.05, 0.1) is 0 Å². The van der Waals surface area contributed by atoms with Gasteiger partial charge in [0, 0.05) is 13.0 Å². The van der Waals surface area contributed by atoms with Crippen molar-refractivity contribution in [2.75, 3.05) is 6.61 Å². The summed E-state index contributed by atoms with van der Waals surface area (Å²) < 4.78 is 15.4. The van der Waals surface area contributed by atoms with E-state index in [1.54, 1.807) is 6.92 Å². The lowest BCUT2D eigenvalue weighted by Crippen LogP contribution is -2.24. The topological polar surface area (TPSA) is 74.5 Å². The highest BCUT2D eigenvalue weighted by Crippen LogP contribution is 2.05. The normalized spacial score (nSPS) is 12.7.